The first kappa shape index (κ1) is 13.9. The number of nitrogens with one attached hydrogen (secondary N) is 1. The second kappa shape index (κ2) is 4.85. The second-order valence-corrected chi connectivity index (χ2v) is 5.94. The molecule has 1 fully saturated rings. The maximum atomic E-state index is 12.0. The molecule has 1 aromatic rings. The summed E-state index contributed by atoms with van der Waals surface area (Å²) in [4.78, 5) is 14.2. The molecule has 4 nitrogen and oxygen atoms in total. The molecule has 0 aliphatic carbocycles. The number of piperazine rings is 1. The summed E-state index contributed by atoms with van der Waals surface area (Å²) in [5, 5.41) is 2.94. The number of aryl methyl sites for hydroxylation is 2. The Balaban J connectivity index is 2.50. The van der Waals surface area contributed by atoms with Crippen LogP contribution >= 0.6 is 0 Å². The van der Waals surface area contributed by atoms with Crippen molar-refractivity contribution in [3.05, 3.63) is 29.3 Å². The summed E-state index contributed by atoms with van der Waals surface area (Å²) in [5.41, 5.74) is 9.19. The molecule has 1 aliphatic heterocycles. The van der Waals surface area contributed by atoms with Crippen molar-refractivity contribution in [1.29, 1.82) is 0 Å². The molecule has 2 rings (SSSR count). The molecule has 0 aromatic heterocycles. The second-order valence-electron chi connectivity index (χ2n) is 5.94. The summed E-state index contributed by atoms with van der Waals surface area (Å²) < 4.78 is 0. The minimum atomic E-state index is -0.301. The lowest BCUT2D eigenvalue weighted by Gasteiger charge is -2.49. The maximum absolute atomic E-state index is 12.0. The van der Waals surface area contributed by atoms with Gasteiger partial charge in [0.2, 0.25) is 5.91 Å². The van der Waals surface area contributed by atoms with E-state index < -0.39 is 0 Å². The number of rotatable bonds is 2. The van der Waals surface area contributed by atoms with Crippen LogP contribution in [-0.4, -0.2) is 30.6 Å². The molecule has 0 radical (unpaired) electrons. The van der Waals surface area contributed by atoms with Gasteiger partial charge in [0.1, 0.15) is 6.04 Å². The lowest BCUT2D eigenvalue weighted by molar-refractivity contribution is -0.124. The van der Waals surface area contributed by atoms with Gasteiger partial charge in [-0.25, -0.2) is 0 Å². The predicted octanol–water partition coefficient (Wildman–Crippen LogP) is 1.35. The summed E-state index contributed by atoms with van der Waals surface area (Å²) >= 11 is 0. The number of anilines is 1. The molecule has 1 aliphatic rings. The third kappa shape index (κ3) is 2.45. The predicted molar refractivity (Wildman–Crippen MR) is 78.3 cm³/mol. The van der Waals surface area contributed by atoms with Crippen molar-refractivity contribution < 1.29 is 4.79 Å². The van der Waals surface area contributed by atoms with Crippen LogP contribution in [0.25, 0.3) is 0 Å². The molecule has 1 heterocycles. The molecule has 0 bridgehead atoms. The quantitative estimate of drug-likeness (QED) is 0.845. The average molecular weight is 261 g/mol. The number of carbonyl (C=O) groups is 1. The minimum absolute atomic E-state index is 0.0156. The Bertz CT molecular complexity index is 496. The van der Waals surface area contributed by atoms with E-state index in [4.69, 9.17) is 5.73 Å². The van der Waals surface area contributed by atoms with E-state index in [0.29, 0.717) is 13.1 Å². The van der Waals surface area contributed by atoms with Crippen LogP contribution in [0.4, 0.5) is 5.69 Å². The summed E-state index contributed by atoms with van der Waals surface area (Å²) in [6.07, 6.45) is 0. The fourth-order valence-corrected chi connectivity index (χ4v) is 2.83. The molecule has 104 valence electrons. The Morgan fingerprint density at radius 2 is 2.11 bits per heavy atom. The fraction of sp³-hybridized carbons (Fsp3) is 0.533. The zero-order valence-electron chi connectivity index (χ0n) is 12.2. The van der Waals surface area contributed by atoms with Crippen molar-refractivity contribution in [2.24, 2.45) is 5.73 Å². The molecule has 0 saturated carbocycles. The molecule has 0 spiro atoms. The maximum Gasteiger partial charge on any atom is 0.244 e. The number of nitrogens with two attached hydrogens (primary N) is 1. The number of carbonyl (C=O) groups excluding carboxylic acids is 1. The zero-order valence-corrected chi connectivity index (χ0v) is 12.2. The molecule has 3 N–H and O–H groups in total. The Morgan fingerprint density at radius 1 is 1.42 bits per heavy atom. The molecule has 1 unspecified atom stereocenters. The van der Waals surface area contributed by atoms with Gasteiger partial charge in [-0.1, -0.05) is 17.7 Å². The van der Waals surface area contributed by atoms with Crippen LogP contribution in [0.15, 0.2) is 18.2 Å². The third-order valence-electron chi connectivity index (χ3n) is 3.80. The highest BCUT2D eigenvalue weighted by atomic mass is 16.2. The topological polar surface area (TPSA) is 58.4 Å². The van der Waals surface area contributed by atoms with E-state index in [0.717, 1.165) is 5.69 Å². The van der Waals surface area contributed by atoms with Crippen LogP contribution in [-0.2, 0) is 4.79 Å². The van der Waals surface area contributed by atoms with Gasteiger partial charge in [0.05, 0.1) is 5.54 Å². The van der Waals surface area contributed by atoms with E-state index in [9.17, 15) is 4.79 Å². The Morgan fingerprint density at radius 3 is 2.68 bits per heavy atom. The van der Waals surface area contributed by atoms with Crippen molar-refractivity contribution in [3.63, 3.8) is 0 Å². The smallest absolute Gasteiger partial charge is 0.244 e. The first-order chi connectivity index (χ1) is 8.86. The van der Waals surface area contributed by atoms with E-state index in [1.807, 2.05) is 0 Å². The lowest BCUT2D eigenvalue weighted by Crippen LogP contribution is -2.68. The van der Waals surface area contributed by atoms with Crippen LogP contribution in [0.3, 0.4) is 0 Å². The summed E-state index contributed by atoms with van der Waals surface area (Å²) in [6, 6.07) is 6.02. The molecule has 1 saturated heterocycles. The summed E-state index contributed by atoms with van der Waals surface area (Å²) in [5.74, 6) is 0.0156. The molecule has 1 aromatic carbocycles. The zero-order chi connectivity index (χ0) is 14.2. The first-order valence-electron chi connectivity index (χ1n) is 6.71. The van der Waals surface area contributed by atoms with Crippen molar-refractivity contribution in [1.82, 2.24) is 5.32 Å². The van der Waals surface area contributed by atoms with Gasteiger partial charge in [-0.15, -0.1) is 0 Å². The van der Waals surface area contributed by atoms with Crippen LogP contribution in [0.1, 0.15) is 25.0 Å². The van der Waals surface area contributed by atoms with E-state index in [-0.39, 0.29) is 17.5 Å². The molecule has 1 atom stereocenters. The van der Waals surface area contributed by atoms with Crippen LogP contribution < -0.4 is 16.0 Å². The standard InChI is InChI=1S/C15H23N3O/c1-10-5-6-12(11(2)7-10)18-13(8-16)14(19)17-9-15(18,3)4/h5-7,13H,8-9,16H2,1-4H3,(H,17,19). The van der Waals surface area contributed by atoms with Gasteiger partial charge in [-0.3, -0.25) is 4.79 Å². The normalized spacial score (nSPS) is 22.3. The fourth-order valence-electron chi connectivity index (χ4n) is 2.83. The highest BCUT2D eigenvalue weighted by Gasteiger charge is 2.40. The Kier molecular flexibility index (Phi) is 3.54. The monoisotopic (exact) mass is 261 g/mol. The minimum Gasteiger partial charge on any atom is -0.352 e. The molecule has 19 heavy (non-hydrogen) atoms. The molecular formula is C15H23N3O. The van der Waals surface area contributed by atoms with Gasteiger partial charge >= 0.3 is 0 Å². The number of hydrogen-bond donors (Lipinski definition) is 2. The van der Waals surface area contributed by atoms with E-state index >= 15 is 0 Å². The number of benzene rings is 1. The number of nitrogens with zero attached hydrogens (tertiary/aromatic N) is 1. The van der Waals surface area contributed by atoms with E-state index in [1.54, 1.807) is 0 Å². The highest BCUT2D eigenvalue weighted by molar-refractivity contribution is 5.88. The van der Waals surface area contributed by atoms with Crippen molar-refractivity contribution in [3.8, 4) is 0 Å². The largest absolute Gasteiger partial charge is 0.352 e. The molecule has 1 amide bonds. The van der Waals surface area contributed by atoms with Crippen molar-refractivity contribution in [2.75, 3.05) is 18.0 Å². The first-order valence-corrected chi connectivity index (χ1v) is 6.71. The van der Waals surface area contributed by atoms with Gasteiger partial charge < -0.3 is 16.0 Å². The van der Waals surface area contributed by atoms with E-state index in [1.165, 1.54) is 11.1 Å². The van der Waals surface area contributed by atoms with Gasteiger partial charge in [0.15, 0.2) is 0 Å². The van der Waals surface area contributed by atoms with Gasteiger partial charge in [0.25, 0.3) is 0 Å². The average Bonchev–Trinajstić information content (AvgIpc) is 2.33. The summed E-state index contributed by atoms with van der Waals surface area (Å²) in [6.45, 7) is 9.38. The third-order valence-corrected chi connectivity index (χ3v) is 3.80. The molecular weight excluding hydrogens is 238 g/mol. The van der Waals surface area contributed by atoms with Gasteiger partial charge in [-0.2, -0.15) is 0 Å². The number of amides is 1. The highest BCUT2D eigenvalue weighted by Crippen LogP contribution is 2.31. The van der Waals surface area contributed by atoms with Crippen molar-refractivity contribution in [2.45, 2.75) is 39.3 Å². The SMILES string of the molecule is Cc1ccc(N2C(CN)C(=O)NCC2(C)C)c(C)c1. The number of hydrogen-bond acceptors (Lipinski definition) is 3. The van der Waals surface area contributed by atoms with Crippen LogP contribution in [0, 0.1) is 13.8 Å². The lowest BCUT2D eigenvalue weighted by atomic mass is 9.93. The van der Waals surface area contributed by atoms with Crippen LogP contribution in [0.2, 0.25) is 0 Å². The summed E-state index contributed by atoms with van der Waals surface area (Å²) in [7, 11) is 0. The Hall–Kier alpha value is -1.55. The van der Waals surface area contributed by atoms with Gasteiger partial charge in [-0.05, 0) is 39.3 Å². The van der Waals surface area contributed by atoms with Gasteiger partial charge in [0, 0.05) is 18.8 Å². The molecule has 4 heteroatoms. The Labute approximate surface area is 115 Å². The van der Waals surface area contributed by atoms with E-state index in [2.05, 4.69) is 56.1 Å². The van der Waals surface area contributed by atoms with Crippen molar-refractivity contribution >= 4 is 11.6 Å². The van der Waals surface area contributed by atoms with Crippen LogP contribution in [0.5, 0.6) is 0 Å².